The molecule has 1 aliphatic heterocycles. The van der Waals surface area contributed by atoms with Crippen LogP contribution in [0.25, 0.3) is 0 Å². The van der Waals surface area contributed by atoms with Crippen molar-refractivity contribution in [3.8, 4) is 0 Å². The van der Waals surface area contributed by atoms with Crippen LogP contribution in [0.1, 0.15) is 28.8 Å². The van der Waals surface area contributed by atoms with Crippen molar-refractivity contribution in [3.63, 3.8) is 0 Å². The molecule has 0 radical (unpaired) electrons. The van der Waals surface area contributed by atoms with Gasteiger partial charge in [-0.3, -0.25) is 9.78 Å². The number of carboxylic acid groups (broad SMARTS) is 1. The lowest BCUT2D eigenvalue weighted by Crippen LogP contribution is -2.57. The van der Waals surface area contributed by atoms with Gasteiger partial charge in [0.2, 0.25) is 0 Å². The molecule has 0 bridgehead atoms. The minimum absolute atomic E-state index is 0.271. The summed E-state index contributed by atoms with van der Waals surface area (Å²) in [6, 6.07) is 1.68. The molecule has 19 heavy (non-hydrogen) atoms. The van der Waals surface area contributed by atoms with Crippen molar-refractivity contribution >= 4 is 11.9 Å². The van der Waals surface area contributed by atoms with Crippen LogP contribution in [-0.2, 0) is 9.53 Å². The molecule has 1 aliphatic rings. The Morgan fingerprint density at radius 2 is 2.05 bits per heavy atom. The second-order valence-corrected chi connectivity index (χ2v) is 4.70. The Balaban J connectivity index is 2.18. The number of carboxylic acids is 1. The maximum Gasteiger partial charge on any atom is 0.329 e. The SMILES string of the molecule is Cc1cncc(C(=O)NC2(C(=O)O)CCOCC2)c1. The zero-order valence-corrected chi connectivity index (χ0v) is 10.7. The first-order chi connectivity index (χ1) is 9.03. The molecular formula is C13H16N2O4. The summed E-state index contributed by atoms with van der Waals surface area (Å²) in [5.41, 5.74) is -0.0184. The third-order valence-corrected chi connectivity index (χ3v) is 3.25. The van der Waals surface area contributed by atoms with Gasteiger partial charge in [-0.1, -0.05) is 0 Å². The van der Waals surface area contributed by atoms with Gasteiger partial charge >= 0.3 is 5.97 Å². The van der Waals surface area contributed by atoms with Crippen LogP contribution in [0.2, 0.25) is 0 Å². The van der Waals surface area contributed by atoms with E-state index < -0.39 is 17.4 Å². The van der Waals surface area contributed by atoms with E-state index in [1.165, 1.54) is 6.20 Å². The van der Waals surface area contributed by atoms with Crippen molar-refractivity contribution in [1.82, 2.24) is 10.3 Å². The molecule has 1 amide bonds. The van der Waals surface area contributed by atoms with Crippen LogP contribution in [0, 0.1) is 6.92 Å². The summed E-state index contributed by atoms with van der Waals surface area (Å²) in [7, 11) is 0. The summed E-state index contributed by atoms with van der Waals surface area (Å²) in [4.78, 5) is 27.5. The predicted octanol–water partition coefficient (Wildman–Crippen LogP) is 0.754. The molecule has 2 heterocycles. The Morgan fingerprint density at radius 1 is 1.37 bits per heavy atom. The number of amides is 1. The fourth-order valence-corrected chi connectivity index (χ4v) is 2.08. The van der Waals surface area contributed by atoms with E-state index in [0.717, 1.165) is 5.56 Å². The normalized spacial score (nSPS) is 17.7. The fourth-order valence-electron chi connectivity index (χ4n) is 2.08. The largest absolute Gasteiger partial charge is 0.480 e. The van der Waals surface area contributed by atoms with Gasteiger partial charge in [0.1, 0.15) is 5.54 Å². The van der Waals surface area contributed by atoms with Gasteiger partial charge in [0.15, 0.2) is 0 Å². The zero-order valence-electron chi connectivity index (χ0n) is 10.7. The second-order valence-electron chi connectivity index (χ2n) is 4.70. The van der Waals surface area contributed by atoms with Crippen LogP contribution in [0.5, 0.6) is 0 Å². The fraction of sp³-hybridized carbons (Fsp3) is 0.462. The van der Waals surface area contributed by atoms with E-state index in [9.17, 15) is 14.7 Å². The molecule has 0 unspecified atom stereocenters. The lowest BCUT2D eigenvalue weighted by molar-refractivity contribution is -0.148. The molecule has 1 fully saturated rings. The van der Waals surface area contributed by atoms with E-state index >= 15 is 0 Å². The van der Waals surface area contributed by atoms with Crippen LogP contribution in [0.15, 0.2) is 18.5 Å². The monoisotopic (exact) mass is 264 g/mol. The van der Waals surface area contributed by atoms with Gasteiger partial charge in [-0.25, -0.2) is 4.79 Å². The van der Waals surface area contributed by atoms with Crippen LogP contribution in [-0.4, -0.2) is 40.7 Å². The highest BCUT2D eigenvalue weighted by Gasteiger charge is 2.41. The molecule has 1 aromatic heterocycles. The maximum atomic E-state index is 12.1. The molecule has 1 saturated heterocycles. The molecule has 102 valence electrons. The summed E-state index contributed by atoms with van der Waals surface area (Å²) in [5, 5.41) is 12.0. The number of hydrogen-bond donors (Lipinski definition) is 2. The minimum Gasteiger partial charge on any atom is -0.480 e. The number of carbonyl (C=O) groups is 2. The number of carbonyl (C=O) groups excluding carboxylic acids is 1. The Labute approximate surface area is 110 Å². The van der Waals surface area contributed by atoms with Crippen molar-refractivity contribution < 1.29 is 19.4 Å². The topological polar surface area (TPSA) is 88.5 Å². The van der Waals surface area contributed by atoms with Crippen LogP contribution in [0.4, 0.5) is 0 Å². The summed E-state index contributed by atoms with van der Waals surface area (Å²) in [6.07, 6.45) is 3.61. The molecule has 2 rings (SSSR count). The van der Waals surface area contributed by atoms with Crippen molar-refractivity contribution in [2.45, 2.75) is 25.3 Å². The van der Waals surface area contributed by atoms with Gasteiger partial charge in [0.05, 0.1) is 5.56 Å². The Morgan fingerprint density at radius 3 is 2.63 bits per heavy atom. The Bertz CT molecular complexity index is 495. The summed E-state index contributed by atoms with van der Waals surface area (Å²) in [5.74, 6) is -1.44. The molecule has 0 aromatic carbocycles. The molecule has 6 nitrogen and oxygen atoms in total. The number of aryl methyl sites for hydroxylation is 1. The first-order valence-corrected chi connectivity index (χ1v) is 6.09. The molecule has 0 spiro atoms. The van der Waals surface area contributed by atoms with E-state index in [2.05, 4.69) is 10.3 Å². The molecule has 0 saturated carbocycles. The van der Waals surface area contributed by atoms with Crippen LogP contribution >= 0.6 is 0 Å². The van der Waals surface area contributed by atoms with E-state index in [1.54, 1.807) is 12.3 Å². The molecule has 1 aromatic rings. The van der Waals surface area contributed by atoms with E-state index in [-0.39, 0.29) is 12.8 Å². The first-order valence-electron chi connectivity index (χ1n) is 6.09. The van der Waals surface area contributed by atoms with E-state index in [4.69, 9.17) is 4.74 Å². The quantitative estimate of drug-likeness (QED) is 0.841. The van der Waals surface area contributed by atoms with Crippen molar-refractivity contribution in [3.05, 3.63) is 29.6 Å². The van der Waals surface area contributed by atoms with E-state index in [0.29, 0.717) is 18.8 Å². The van der Waals surface area contributed by atoms with Crippen molar-refractivity contribution in [2.75, 3.05) is 13.2 Å². The summed E-state index contributed by atoms with van der Waals surface area (Å²) < 4.78 is 5.15. The lowest BCUT2D eigenvalue weighted by atomic mass is 9.90. The average Bonchev–Trinajstić information content (AvgIpc) is 2.39. The molecule has 0 aliphatic carbocycles. The Kier molecular flexibility index (Phi) is 3.80. The first kappa shape index (κ1) is 13.5. The second kappa shape index (κ2) is 5.36. The summed E-state index contributed by atoms with van der Waals surface area (Å²) in [6.45, 7) is 2.49. The number of rotatable bonds is 3. The van der Waals surface area contributed by atoms with Gasteiger partial charge in [-0.05, 0) is 18.6 Å². The zero-order chi connectivity index (χ0) is 13.9. The third kappa shape index (κ3) is 2.90. The number of aliphatic carboxylic acids is 1. The smallest absolute Gasteiger partial charge is 0.329 e. The van der Waals surface area contributed by atoms with Crippen molar-refractivity contribution in [1.29, 1.82) is 0 Å². The number of hydrogen-bond acceptors (Lipinski definition) is 4. The summed E-state index contributed by atoms with van der Waals surface area (Å²) >= 11 is 0. The highest BCUT2D eigenvalue weighted by Crippen LogP contribution is 2.21. The number of nitrogens with one attached hydrogen (secondary N) is 1. The number of pyridine rings is 1. The number of aromatic nitrogens is 1. The van der Waals surface area contributed by atoms with Crippen molar-refractivity contribution in [2.24, 2.45) is 0 Å². The molecular weight excluding hydrogens is 248 g/mol. The molecule has 2 N–H and O–H groups in total. The molecule has 0 atom stereocenters. The van der Waals surface area contributed by atoms with Gasteiger partial charge in [-0.2, -0.15) is 0 Å². The third-order valence-electron chi connectivity index (χ3n) is 3.25. The average molecular weight is 264 g/mol. The van der Waals surface area contributed by atoms with Crippen LogP contribution < -0.4 is 5.32 Å². The highest BCUT2D eigenvalue weighted by molar-refractivity contribution is 5.97. The van der Waals surface area contributed by atoms with Gasteiger partial charge in [0, 0.05) is 38.4 Å². The minimum atomic E-state index is -1.24. The van der Waals surface area contributed by atoms with Crippen LogP contribution in [0.3, 0.4) is 0 Å². The predicted molar refractivity (Wildman–Crippen MR) is 66.9 cm³/mol. The Hall–Kier alpha value is -1.95. The standard InChI is InChI=1S/C13H16N2O4/c1-9-6-10(8-14-7-9)11(16)15-13(12(17)18)2-4-19-5-3-13/h6-8H,2-5H2,1H3,(H,15,16)(H,17,18). The molecule has 6 heteroatoms. The number of nitrogens with zero attached hydrogens (tertiary/aromatic N) is 1. The van der Waals surface area contributed by atoms with Gasteiger partial charge in [0.25, 0.3) is 5.91 Å². The maximum absolute atomic E-state index is 12.1. The lowest BCUT2D eigenvalue weighted by Gasteiger charge is -2.33. The number of ether oxygens (including phenoxy) is 1. The van der Waals surface area contributed by atoms with Gasteiger partial charge < -0.3 is 15.2 Å². The van der Waals surface area contributed by atoms with E-state index in [1.807, 2.05) is 6.92 Å². The highest BCUT2D eigenvalue weighted by atomic mass is 16.5. The van der Waals surface area contributed by atoms with Gasteiger partial charge in [-0.15, -0.1) is 0 Å².